The highest BCUT2D eigenvalue weighted by Gasteiger charge is 1.85. The SMILES string of the molecule is ON=Cc1cs[c]n1. The molecule has 0 unspecified atom stereocenters. The molecule has 1 N–H and O–H groups in total. The zero-order valence-corrected chi connectivity index (χ0v) is 4.72. The molecule has 0 spiro atoms. The maximum Gasteiger partial charge on any atom is 0.152 e. The van der Waals surface area contributed by atoms with Crippen molar-refractivity contribution in [3.05, 3.63) is 16.6 Å². The first-order chi connectivity index (χ1) is 3.93. The van der Waals surface area contributed by atoms with Crippen molar-refractivity contribution in [2.75, 3.05) is 0 Å². The second-order valence-corrected chi connectivity index (χ2v) is 1.76. The van der Waals surface area contributed by atoms with Crippen LogP contribution in [0.4, 0.5) is 0 Å². The third-order valence-corrected chi connectivity index (χ3v) is 1.15. The molecule has 0 aliphatic rings. The van der Waals surface area contributed by atoms with Crippen molar-refractivity contribution in [2.24, 2.45) is 5.16 Å². The highest BCUT2D eigenvalue weighted by molar-refractivity contribution is 7.07. The standard InChI is InChI=1S/C4H3N2OS/c7-6-1-4-2-8-3-5-4/h1-2,7H. The summed E-state index contributed by atoms with van der Waals surface area (Å²) >= 11 is 1.34. The van der Waals surface area contributed by atoms with Gasteiger partial charge < -0.3 is 5.21 Å². The number of thiazole rings is 1. The zero-order chi connectivity index (χ0) is 5.82. The fraction of sp³-hybridized carbons (Fsp3) is 0. The highest BCUT2D eigenvalue weighted by atomic mass is 32.1. The second kappa shape index (κ2) is 2.42. The summed E-state index contributed by atoms with van der Waals surface area (Å²) in [6, 6.07) is 0. The summed E-state index contributed by atoms with van der Waals surface area (Å²) < 4.78 is 0. The minimum Gasteiger partial charge on any atom is -0.411 e. The van der Waals surface area contributed by atoms with Crippen molar-refractivity contribution >= 4 is 17.6 Å². The van der Waals surface area contributed by atoms with Crippen LogP contribution in [0.5, 0.6) is 0 Å². The molecule has 0 amide bonds. The fourth-order valence-corrected chi connectivity index (χ4v) is 0.756. The van der Waals surface area contributed by atoms with Crippen LogP contribution in [0.15, 0.2) is 10.5 Å². The monoisotopic (exact) mass is 127 g/mol. The smallest absolute Gasteiger partial charge is 0.152 e. The van der Waals surface area contributed by atoms with Crippen molar-refractivity contribution < 1.29 is 5.21 Å². The van der Waals surface area contributed by atoms with E-state index in [0.29, 0.717) is 5.69 Å². The van der Waals surface area contributed by atoms with Gasteiger partial charge in [-0.3, -0.25) is 0 Å². The van der Waals surface area contributed by atoms with Gasteiger partial charge in [-0.05, 0) is 0 Å². The molecule has 0 fully saturated rings. The third-order valence-electron chi connectivity index (χ3n) is 0.597. The summed E-state index contributed by atoms with van der Waals surface area (Å²) in [7, 11) is 0. The number of aromatic nitrogens is 1. The van der Waals surface area contributed by atoms with E-state index in [9.17, 15) is 0 Å². The minimum atomic E-state index is 0.637. The van der Waals surface area contributed by atoms with E-state index in [1.807, 2.05) is 0 Å². The molecule has 1 aromatic rings. The number of rotatable bonds is 1. The fourth-order valence-electron chi connectivity index (χ4n) is 0.311. The predicted octanol–water partition coefficient (Wildman–Crippen LogP) is 0.751. The molecule has 4 heteroatoms. The molecular weight excluding hydrogens is 124 g/mol. The topological polar surface area (TPSA) is 45.5 Å². The summed E-state index contributed by atoms with van der Waals surface area (Å²) in [5.41, 5.74) is 3.24. The number of hydrogen-bond acceptors (Lipinski definition) is 4. The Morgan fingerprint density at radius 3 is 3.38 bits per heavy atom. The van der Waals surface area contributed by atoms with Gasteiger partial charge in [-0.2, -0.15) is 0 Å². The van der Waals surface area contributed by atoms with E-state index in [0.717, 1.165) is 0 Å². The van der Waals surface area contributed by atoms with Gasteiger partial charge in [0.05, 0.1) is 11.9 Å². The zero-order valence-electron chi connectivity index (χ0n) is 3.90. The molecule has 8 heavy (non-hydrogen) atoms. The van der Waals surface area contributed by atoms with Crippen LogP contribution < -0.4 is 0 Å². The molecule has 1 rings (SSSR count). The summed E-state index contributed by atoms with van der Waals surface area (Å²) in [4.78, 5) is 3.69. The molecule has 3 nitrogen and oxygen atoms in total. The van der Waals surface area contributed by atoms with Crippen molar-refractivity contribution in [3.8, 4) is 0 Å². The maximum atomic E-state index is 7.96. The van der Waals surface area contributed by atoms with E-state index in [1.54, 1.807) is 5.38 Å². The van der Waals surface area contributed by atoms with Gasteiger partial charge >= 0.3 is 0 Å². The van der Waals surface area contributed by atoms with Crippen LogP contribution in [-0.4, -0.2) is 16.4 Å². The molecule has 1 radical (unpaired) electrons. The van der Waals surface area contributed by atoms with Crippen LogP contribution in [0.3, 0.4) is 0 Å². The maximum absolute atomic E-state index is 7.96. The summed E-state index contributed by atoms with van der Waals surface area (Å²) in [5, 5.41) is 12.5. The lowest BCUT2D eigenvalue weighted by atomic mass is 10.6. The Morgan fingerprint density at radius 1 is 2.00 bits per heavy atom. The van der Waals surface area contributed by atoms with Gasteiger partial charge in [0.25, 0.3) is 0 Å². The second-order valence-electron chi connectivity index (χ2n) is 1.11. The Hall–Kier alpha value is -0.900. The summed E-state index contributed by atoms with van der Waals surface area (Å²) in [6.45, 7) is 0. The Balaban J connectivity index is 2.77. The van der Waals surface area contributed by atoms with Crippen LogP contribution in [0, 0.1) is 5.51 Å². The number of nitrogens with zero attached hydrogens (tertiary/aromatic N) is 2. The molecule has 0 saturated heterocycles. The molecule has 41 valence electrons. The quantitative estimate of drug-likeness (QED) is 0.344. The molecule has 0 aliphatic carbocycles. The van der Waals surface area contributed by atoms with Crippen LogP contribution in [0.2, 0.25) is 0 Å². The Kier molecular flexibility index (Phi) is 1.58. The van der Waals surface area contributed by atoms with Gasteiger partial charge in [-0.1, -0.05) is 5.16 Å². The number of oxime groups is 1. The van der Waals surface area contributed by atoms with Crippen molar-refractivity contribution in [2.45, 2.75) is 0 Å². The van der Waals surface area contributed by atoms with Crippen LogP contribution in [0.25, 0.3) is 0 Å². The average Bonchev–Trinajstić information content (AvgIpc) is 2.19. The van der Waals surface area contributed by atoms with E-state index in [1.165, 1.54) is 17.6 Å². The van der Waals surface area contributed by atoms with E-state index >= 15 is 0 Å². The van der Waals surface area contributed by atoms with E-state index in [-0.39, 0.29) is 0 Å². The van der Waals surface area contributed by atoms with Crippen molar-refractivity contribution in [1.29, 1.82) is 0 Å². The predicted molar refractivity (Wildman–Crippen MR) is 30.3 cm³/mol. The molecular formula is C4H3N2OS. The normalized spacial score (nSPS) is 10.5. The molecule has 0 aliphatic heterocycles. The van der Waals surface area contributed by atoms with Gasteiger partial charge in [0.15, 0.2) is 5.51 Å². The van der Waals surface area contributed by atoms with Gasteiger partial charge in [0.1, 0.15) is 0 Å². The van der Waals surface area contributed by atoms with Gasteiger partial charge in [0, 0.05) is 5.38 Å². The Morgan fingerprint density at radius 2 is 2.88 bits per heavy atom. The molecule has 0 atom stereocenters. The molecule has 0 saturated carbocycles. The lowest BCUT2D eigenvalue weighted by molar-refractivity contribution is 0.321. The van der Waals surface area contributed by atoms with E-state index in [2.05, 4.69) is 15.7 Å². The van der Waals surface area contributed by atoms with Gasteiger partial charge in [-0.25, -0.2) is 4.98 Å². The first-order valence-corrected chi connectivity index (χ1v) is 2.80. The van der Waals surface area contributed by atoms with E-state index < -0.39 is 0 Å². The van der Waals surface area contributed by atoms with Crippen LogP contribution in [0.1, 0.15) is 5.69 Å². The average molecular weight is 127 g/mol. The highest BCUT2D eigenvalue weighted by Crippen LogP contribution is 1.94. The third kappa shape index (κ3) is 1.04. The molecule has 0 bridgehead atoms. The lowest BCUT2D eigenvalue weighted by Gasteiger charge is -1.72. The largest absolute Gasteiger partial charge is 0.411 e. The Labute approximate surface area is 50.3 Å². The molecule has 1 heterocycles. The van der Waals surface area contributed by atoms with Crippen molar-refractivity contribution in [1.82, 2.24) is 4.98 Å². The minimum absolute atomic E-state index is 0.637. The first-order valence-electron chi connectivity index (χ1n) is 1.92. The van der Waals surface area contributed by atoms with Crippen LogP contribution >= 0.6 is 11.3 Å². The van der Waals surface area contributed by atoms with Crippen molar-refractivity contribution in [3.63, 3.8) is 0 Å². The number of hydrogen-bond donors (Lipinski definition) is 1. The molecule has 0 aromatic carbocycles. The summed E-state index contributed by atoms with van der Waals surface area (Å²) in [6.07, 6.45) is 1.26. The van der Waals surface area contributed by atoms with Crippen LogP contribution in [-0.2, 0) is 0 Å². The molecule has 1 aromatic heterocycles. The van der Waals surface area contributed by atoms with Gasteiger partial charge in [-0.15, -0.1) is 11.3 Å². The van der Waals surface area contributed by atoms with Gasteiger partial charge in [0.2, 0.25) is 0 Å². The Bertz CT molecular complexity index is 170. The summed E-state index contributed by atoms with van der Waals surface area (Å²) in [5.74, 6) is 0. The first kappa shape index (κ1) is 5.24. The lowest BCUT2D eigenvalue weighted by Crippen LogP contribution is -1.76. The van der Waals surface area contributed by atoms with E-state index in [4.69, 9.17) is 5.21 Å².